The van der Waals surface area contributed by atoms with Gasteiger partial charge in [0.1, 0.15) is 0 Å². The maximum absolute atomic E-state index is 13.5. The molecule has 0 radical (unpaired) electrons. The van der Waals surface area contributed by atoms with Crippen LogP contribution in [-0.4, -0.2) is 28.1 Å². The minimum absolute atomic E-state index is 0.0929. The first-order valence-electron chi connectivity index (χ1n) is 7.22. The molecule has 0 bridgehead atoms. The zero-order valence-corrected chi connectivity index (χ0v) is 13.4. The minimum Gasteiger partial charge on any atom is -0.399 e. The Morgan fingerprint density at radius 1 is 1.14 bits per heavy atom. The second kappa shape index (κ2) is 4.76. The number of aromatic nitrogens is 2. The first-order chi connectivity index (χ1) is 10.1. The van der Waals surface area contributed by atoms with Gasteiger partial charge in [0.15, 0.2) is 0 Å². The third kappa shape index (κ3) is 2.32. The van der Waals surface area contributed by atoms with Gasteiger partial charge in [-0.05, 0) is 39.2 Å². The van der Waals surface area contributed by atoms with Crippen LogP contribution < -0.4 is 5.46 Å². The van der Waals surface area contributed by atoms with Crippen molar-refractivity contribution in [1.82, 2.24) is 9.78 Å². The Morgan fingerprint density at radius 2 is 1.73 bits per heavy atom. The van der Waals surface area contributed by atoms with Crippen LogP contribution >= 0.6 is 0 Å². The van der Waals surface area contributed by atoms with Crippen LogP contribution in [0.25, 0.3) is 10.9 Å². The van der Waals surface area contributed by atoms with E-state index in [4.69, 9.17) is 9.31 Å². The number of aryl methyl sites for hydroxylation is 1. The average molecular weight is 308 g/mol. The fraction of sp³-hybridized carbons (Fsp3) is 0.533. The highest BCUT2D eigenvalue weighted by Gasteiger charge is 2.52. The van der Waals surface area contributed by atoms with E-state index in [0.29, 0.717) is 11.0 Å². The molecule has 7 heteroatoms. The van der Waals surface area contributed by atoms with E-state index in [0.717, 1.165) is 5.39 Å². The minimum atomic E-state index is -2.61. The van der Waals surface area contributed by atoms with Crippen molar-refractivity contribution in [2.45, 2.75) is 45.3 Å². The van der Waals surface area contributed by atoms with Gasteiger partial charge in [-0.25, -0.2) is 8.78 Å². The quantitative estimate of drug-likeness (QED) is 0.801. The molecule has 0 N–H and O–H groups in total. The molecule has 1 aromatic heterocycles. The summed E-state index contributed by atoms with van der Waals surface area (Å²) in [7, 11) is 0.954. The summed E-state index contributed by atoms with van der Waals surface area (Å²) in [4.78, 5) is 0. The van der Waals surface area contributed by atoms with E-state index < -0.39 is 24.7 Å². The monoisotopic (exact) mass is 308 g/mol. The molecule has 1 aliphatic heterocycles. The second-order valence-electron chi connectivity index (χ2n) is 6.73. The zero-order chi connectivity index (χ0) is 16.3. The van der Waals surface area contributed by atoms with Crippen molar-refractivity contribution in [2.75, 3.05) is 0 Å². The zero-order valence-electron chi connectivity index (χ0n) is 13.4. The van der Waals surface area contributed by atoms with Crippen LogP contribution in [0, 0.1) is 0 Å². The van der Waals surface area contributed by atoms with Gasteiger partial charge >= 0.3 is 7.12 Å². The maximum atomic E-state index is 13.5. The van der Waals surface area contributed by atoms with Gasteiger partial charge < -0.3 is 9.31 Å². The molecule has 0 spiro atoms. The Balaban J connectivity index is 2.12. The Hall–Kier alpha value is -1.47. The molecular weight excluding hydrogens is 289 g/mol. The summed E-state index contributed by atoms with van der Waals surface area (Å²) in [6.45, 7) is 7.60. The molecule has 0 amide bonds. The van der Waals surface area contributed by atoms with E-state index in [9.17, 15) is 8.78 Å². The maximum Gasteiger partial charge on any atom is 0.495 e. The highest BCUT2D eigenvalue weighted by molar-refractivity contribution is 6.63. The van der Waals surface area contributed by atoms with Crippen LogP contribution in [0.5, 0.6) is 0 Å². The number of rotatable bonds is 2. The summed E-state index contributed by atoms with van der Waals surface area (Å²) < 4.78 is 40.3. The van der Waals surface area contributed by atoms with Crippen molar-refractivity contribution >= 4 is 23.5 Å². The third-order valence-electron chi connectivity index (χ3n) is 4.57. The SMILES string of the molecule is Cn1cc2cc(B3OC(C)(C)C(C)(C)O3)c(C(F)F)cc2n1. The predicted octanol–water partition coefficient (Wildman–Crippen LogP) is 2.81. The topological polar surface area (TPSA) is 36.3 Å². The normalized spacial score (nSPS) is 20.3. The summed E-state index contributed by atoms with van der Waals surface area (Å²) in [5.41, 5.74) is -0.320. The highest BCUT2D eigenvalue weighted by atomic mass is 19.3. The molecule has 4 nitrogen and oxygen atoms in total. The number of fused-ring (bicyclic) bond motifs is 1. The van der Waals surface area contributed by atoms with E-state index in [1.54, 1.807) is 24.0 Å². The smallest absolute Gasteiger partial charge is 0.399 e. The van der Waals surface area contributed by atoms with Crippen molar-refractivity contribution in [3.63, 3.8) is 0 Å². The van der Waals surface area contributed by atoms with Gasteiger partial charge in [-0.2, -0.15) is 5.10 Å². The van der Waals surface area contributed by atoms with Crippen LogP contribution in [0.15, 0.2) is 18.3 Å². The lowest BCUT2D eigenvalue weighted by Crippen LogP contribution is -2.41. The van der Waals surface area contributed by atoms with Crippen LogP contribution in [0.3, 0.4) is 0 Å². The number of hydrogen-bond acceptors (Lipinski definition) is 3. The average Bonchev–Trinajstić information content (AvgIpc) is 2.83. The highest BCUT2D eigenvalue weighted by Crippen LogP contribution is 2.37. The molecule has 1 aliphatic rings. The van der Waals surface area contributed by atoms with Gasteiger partial charge in [0.05, 0.1) is 16.7 Å². The molecule has 2 aromatic rings. The lowest BCUT2D eigenvalue weighted by Gasteiger charge is -2.32. The molecule has 1 saturated heterocycles. The summed E-state index contributed by atoms with van der Waals surface area (Å²) >= 11 is 0. The summed E-state index contributed by atoms with van der Waals surface area (Å²) in [5.74, 6) is 0. The Morgan fingerprint density at radius 3 is 2.27 bits per heavy atom. The van der Waals surface area contributed by atoms with Gasteiger partial charge in [0.2, 0.25) is 0 Å². The molecule has 22 heavy (non-hydrogen) atoms. The molecule has 0 saturated carbocycles. The van der Waals surface area contributed by atoms with Crippen molar-refractivity contribution < 1.29 is 18.1 Å². The van der Waals surface area contributed by atoms with E-state index in [2.05, 4.69) is 5.10 Å². The van der Waals surface area contributed by atoms with Gasteiger partial charge in [-0.1, -0.05) is 6.07 Å². The van der Waals surface area contributed by atoms with Crippen LogP contribution in [0.1, 0.15) is 39.7 Å². The van der Waals surface area contributed by atoms with E-state index in [1.807, 2.05) is 27.7 Å². The second-order valence-corrected chi connectivity index (χ2v) is 6.73. The summed E-state index contributed by atoms with van der Waals surface area (Å²) in [6.07, 6.45) is -0.820. The Kier molecular flexibility index (Phi) is 3.34. The standard InChI is InChI=1S/C15H19BF2N2O2/c1-14(2)15(3,4)22-16(21-14)11-6-9-8-20(5)19-12(9)7-10(11)13(17)18/h6-8,13H,1-5H3. The van der Waals surface area contributed by atoms with Gasteiger partial charge in [0.25, 0.3) is 6.43 Å². The largest absolute Gasteiger partial charge is 0.495 e. The molecule has 0 aliphatic carbocycles. The molecule has 0 unspecified atom stereocenters. The van der Waals surface area contributed by atoms with Crippen molar-refractivity contribution in [1.29, 1.82) is 0 Å². The molecule has 0 atom stereocenters. The molecule has 1 aromatic carbocycles. The third-order valence-corrected chi connectivity index (χ3v) is 4.57. The first kappa shape index (κ1) is 15.4. The van der Waals surface area contributed by atoms with E-state index in [1.165, 1.54) is 6.07 Å². The van der Waals surface area contributed by atoms with Gasteiger partial charge in [-0.3, -0.25) is 4.68 Å². The lowest BCUT2D eigenvalue weighted by atomic mass is 9.75. The predicted molar refractivity (Wildman–Crippen MR) is 81.4 cm³/mol. The molecule has 118 valence electrons. The number of alkyl halides is 2. The molecule has 2 heterocycles. The fourth-order valence-electron chi connectivity index (χ4n) is 2.59. The van der Waals surface area contributed by atoms with Crippen LogP contribution in [-0.2, 0) is 16.4 Å². The van der Waals surface area contributed by atoms with Crippen LogP contribution in [0.4, 0.5) is 8.78 Å². The molecule has 3 rings (SSSR count). The van der Waals surface area contributed by atoms with Gasteiger partial charge in [-0.15, -0.1) is 0 Å². The van der Waals surface area contributed by atoms with E-state index >= 15 is 0 Å². The number of benzene rings is 1. The first-order valence-corrected chi connectivity index (χ1v) is 7.22. The number of hydrogen-bond donors (Lipinski definition) is 0. The summed E-state index contributed by atoms with van der Waals surface area (Å²) in [6, 6.07) is 3.10. The Labute approximate surface area is 128 Å². The van der Waals surface area contributed by atoms with Crippen molar-refractivity contribution in [3.05, 3.63) is 23.9 Å². The van der Waals surface area contributed by atoms with Crippen molar-refractivity contribution in [2.24, 2.45) is 7.05 Å². The van der Waals surface area contributed by atoms with Crippen LogP contribution in [0.2, 0.25) is 0 Å². The Bertz CT molecular complexity index is 712. The number of halogens is 2. The lowest BCUT2D eigenvalue weighted by molar-refractivity contribution is 0.00578. The van der Waals surface area contributed by atoms with Gasteiger partial charge in [0, 0.05) is 24.2 Å². The summed E-state index contributed by atoms with van der Waals surface area (Å²) in [5, 5.41) is 4.97. The van der Waals surface area contributed by atoms with Crippen molar-refractivity contribution in [3.8, 4) is 0 Å². The fourth-order valence-corrected chi connectivity index (χ4v) is 2.59. The number of nitrogens with zero attached hydrogens (tertiary/aromatic N) is 2. The van der Waals surface area contributed by atoms with E-state index in [-0.39, 0.29) is 5.56 Å². The molecular formula is C15H19BF2N2O2. The molecule has 1 fully saturated rings.